The van der Waals surface area contributed by atoms with Crippen LogP contribution in [0.2, 0.25) is 0 Å². The summed E-state index contributed by atoms with van der Waals surface area (Å²) in [5.74, 6) is 0. The highest BCUT2D eigenvalue weighted by molar-refractivity contribution is 7.00. The zero-order chi connectivity index (χ0) is 70.7. The highest BCUT2D eigenvalue weighted by Gasteiger charge is 2.63. The van der Waals surface area contributed by atoms with E-state index in [1.165, 1.54) is 60.6 Å². The minimum Gasteiger partial charge on any atom is -0.456 e. The van der Waals surface area contributed by atoms with Gasteiger partial charge in [0.15, 0.2) is 0 Å². The standard InChI is InChI=1S/C98H81BN4O/c1-95(2,3)70-57-76(62-30-16-11-17-31-62)93(77(58-70)63-32-18-12-19-33-63)101-86-54-68(66-46-51-91-81(53-66)75-41-27-29-43-90(75)104-91)44-48-82(86)99-83-49-47-73(103-97(7,8)98(103,9)10)61-87(83)102(94-78(64-34-20-13-21-35-64)59-71(96(4,5)6)60-79(94)65-36-22-14-23-37-65)89-56-69(55-88(101)92(89)99)67-45-50-85-80(52-67)74-40-26-28-42-84(74)100(85)72-38-24-15-25-39-72/h11-61H,1-10H3. The Kier molecular flexibility index (Phi) is 14.2. The first-order valence-corrected chi connectivity index (χ1v) is 36.8. The van der Waals surface area contributed by atoms with Gasteiger partial charge in [-0.25, -0.2) is 0 Å². The van der Waals surface area contributed by atoms with E-state index >= 15 is 0 Å². The molecule has 3 aliphatic rings. The largest absolute Gasteiger partial charge is 0.456 e. The number of fused-ring (bicyclic) bond motifs is 10. The van der Waals surface area contributed by atoms with E-state index in [9.17, 15) is 0 Å². The van der Waals surface area contributed by atoms with Gasteiger partial charge in [-0.3, -0.25) is 0 Å². The SMILES string of the molecule is CC(C)(C)c1cc(-c2ccccc2)c(N2c3cc(-c4ccc5oc6ccccc6c5c4)ccc3B3c4ccc(N5C(C)(C)C5(C)C)cc4N(c4c(-c5ccccc5)cc(C(C)(C)C)cc4-c4ccccc4)c4cc(-c5ccc6c(c5)c5ccccc5n6-c5ccccc5)cc2c43)c(-c2ccccc2)c1. The van der Waals surface area contributed by atoms with E-state index in [0.29, 0.717) is 0 Å². The Hall–Kier alpha value is -11.9. The first-order valence-electron chi connectivity index (χ1n) is 36.8. The summed E-state index contributed by atoms with van der Waals surface area (Å²) in [4.78, 5) is 8.09. The average molecular weight is 1340 g/mol. The molecule has 0 saturated carbocycles. The molecule has 16 aromatic rings. The number of benzene rings is 14. The Balaban J connectivity index is 1.00. The molecule has 0 bridgehead atoms. The maximum atomic E-state index is 6.54. The van der Waals surface area contributed by atoms with Crippen LogP contribution < -0.4 is 31.1 Å². The van der Waals surface area contributed by atoms with Crippen LogP contribution in [-0.2, 0) is 10.8 Å². The van der Waals surface area contributed by atoms with Crippen molar-refractivity contribution in [2.24, 2.45) is 0 Å². The molecule has 5 nitrogen and oxygen atoms in total. The summed E-state index contributed by atoms with van der Waals surface area (Å²) in [6.07, 6.45) is 0. The van der Waals surface area contributed by atoms with Gasteiger partial charge in [0.25, 0.3) is 6.71 Å². The van der Waals surface area contributed by atoms with Gasteiger partial charge in [0.05, 0.1) is 33.5 Å². The van der Waals surface area contributed by atoms with Gasteiger partial charge >= 0.3 is 0 Å². The highest BCUT2D eigenvalue weighted by atomic mass is 16.3. The summed E-state index contributed by atoms with van der Waals surface area (Å²) in [7, 11) is 0. The third kappa shape index (κ3) is 9.89. The number of nitrogens with zero attached hydrogens (tertiary/aromatic N) is 4. The number of para-hydroxylation sites is 3. The third-order valence-electron chi connectivity index (χ3n) is 23.3. The lowest BCUT2D eigenvalue weighted by Gasteiger charge is -2.46. The van der Waals surface area contributed by atoms with Crippen LogP contribution >= 0.6 is 0 Å². The van der Waals surface area contributed by atoms with Crippen LogP contribution in [0.25, 0.3) is 116 Å². The molecule has 14 aromatic carbocycles. The minimum atomic E-state index is -0.236. The van der Waals surface area contributed by atoms with Gasteiger partial charge < -0.3 is 23.7 Å². The second-order valence-corrected chi connectivity index (χ2v) is 32.0. The summed E-state index contributed by atoms with van der Waals surface area (Å²) in [5.41, 5.74) is 32.6. The zero-order valence-electron chi connectivity index (χ0n) is 60.7. The molecule has 0 spiro atoms. The molecule has 0 amide bonds. The molecule has 19 rings (SSSR count). The number of furan rings is 1. The van der Waals surface area contributed by atoms with Crippen molar-refractivity contribution in [1.82, 2.24) is 4.57 Å². The monoisotopic (exact) mass is 1340 g/mol. The Morgan fingerprint density at radius 2 is 0.692 bits per heavy atom. The van der Waals surface area contributed by atoms with Crippen molar-refractivity contribution in [2.45, 2.75) is 91.1 Å². The van der Waals surface area contributed by atoms with Crippen LogP contribution in [0.5, 0.6) is 0 Å². The molecule has 1 fully saturated rings. The molecule has 3 aliphatic heterocycles. The molecule has 6 heteroatoms. The number of hydrogen-bond acceptors (Lipinski definition) is 4. The molecule has 0 radical (unpaired) electrons. The third-order valence-corrected chi connectivity index (χ3v) is 23.3. The number of aromatic nitrogens is 1. The molecule has 0 N–H and O–H groups in total. The number of anilines is 7. The maximum absolute atomic E-state index is 6.54. The predicted molar refractivity (Wildman–Crippen MR) is 443 cm³/mol. The normalized spacial score (nSPS) is 14.3. The molecule has 2 aromatic heterocycles. The first kappa shape index (κ1) is 63.1. The summed E-state index contributed by atoms with van der Waals surface area (Å²) in [6.45, 7) is 23.5. The van der Waals surface area contributed by atoms with Crippen LogP contribution in [0.15, 0.2) is 314 Å². The summed E-state index contributed by atoms with van der Waals surface area (Å²) in [6, 6.07) is 117. The zero-order valence-corrected chi connectivity index (χ0v) is 60.7. The lowest BCUT2D eigenvalue weighted by Crippen LogP contribution is -2.61. The topological polar surface area (TPSA) is 27.6 Å². The van der Waals surface area contributed by atoms with Gasteiger partial charge in [-0.05, 0) is 214 Å². The fraction of sp³-hybridized carbons (Fsp3) is 0.143. The Labute approximate surface area is 610 Å². The van der Waals surface area contributed by atoms with Gasteiger partial charge in [-0.1, -0.05) is 248 Å². The van der Waals surface area contributed by atoms with Gasteiger partial charge in [0, 0.05) is 77.9 Å². The van der Waals surface area contributed by atoms with E-state index in [1.54, 1.807) is 0 Å². The van der Waals surface area contributed by atoms with Crippen molar-refractivity contribution in [2.75, 3.05) is 14.7 Å². The fourth-order valence-electron chi connectivity index (χ4n) is 17.4. The van der Waals surface area contributed by atoms with Crippen LogP contribution in [0.1, 0.15) is 80.4 Å². The van der Waals surface area contributed by atoms with Crippen molar-refractivity contribution in [3.8, 4) is 72.4 Å². The molecule has 5 heterocycles. The quantitative estimate of drug-likeness (QED) is 0.101. The predicted octanol–water partition coefficient (Wildman–Crippen LogP) is 24.7. The first-order chi connectivity index (χ1) is 50.4. The van der Waals surface area contributed by atoms with Crippen LogP contribution in [0.4, 0.5) is 39.8 Å². The lowest BCUT2D eigenvalue weighted by molar-refractivity contribution is 0.590. The number of rotatable bonds is 10. The minimum absolute atomic E-state index is 0.102. The van der Waals surface area contributed by atoms with Crippen molar-refractivity contribution in [1.29, 1.82) is 0 Å². The molecule has 0 atom stereocenters. The van der Waals surface area contributed by atoms with Gasteiger partial charge in [0.1, 0.15) is 11.2 Å². The smallest absolute Gasteiger partial charge is 0.252 e. The van der Waals surface area contributed by atoms with E-state index in [0.717, 1.165) is 123 Å². The Morgan fingerprint density at radius 1 is 0.298 bits per heavy atom. The van der Waals surface area contributed by atoms with Crippen LogP contribution in [0, 0.1) is 0 Å². The van der Waals surface area contributed by atoms with E-state index in [4.69, 9.17) is 4.42 Å². The van der Waals surface area contributed by atoms with Crippen LogP contribution in [-0.4, -0.2) is 22.4 Å². The summed E-state index contributed by atoms with van der Waals surface area (Å²) >= 11 is 0. The van der Waals surface area contributed by atoms with Crippen molar-refractivity contribution in [3.05, 3.63) is 321 Å². The number of hydrogen-bond donors (Lipinski definition) is 0. The molecule has 502 valence electrons. The van der Waals surface area contributed by atoms with Crippen molar-refractivity contribution >= 4 is 107 Å². The van der Waals surface area contributed by atoms with Gasteiger partial charge in [-0.2, -0.15) is 0 Å². The molecule has 0 aliphatic carbocycles. The van der Waals surface area contributed by atoms with E-state index < -0.39 is 0 Å². The molecule has 1 saturated heterocycles. The summed E-state index contributed by atoms with van der Waals surface area (Å²) in [5, 5.41) is 4.61. The van der Waals surface area contributed by atoms with E-state index in [-0.39, 0.29) is 28.6 Å². The van der Waals surface area contributed by atoms with Crippen molar-refractivity contribution < 1.29 is 4.42 Å². The van der Waals surface area contributed by atoms with Crippen LogP contribution in [0.3, 0.4) is 0 Å². The Morgan fingerprint density at radius 3 is 1.21 bits per heavy atom. The average Bonchev–Trinajstić information content (AvgIpc) is 1.64. The molecular formula is C98H81BN4O. The second kappa shape index (κ2) is 23.3. The molecular weight excluding hydrogens is 1260 g/mol. The van der Waals surface area contributed by atoms with Gasteiger partial charge in [0.2, 0.25) is 0 Å². The second-order valence-electron chi connectivity index (χ2n) is 32.0. The highest BCUT2D eigenvalue weighted by Crippen LogP contribution is 2.58. The van der Waals surface area contributed by atoms with E-state index in [1.807, 2.05) is 0 Å². The fourth-order valence-corrected chi connectivity index (χ4v) is 17.4. The Bertz CT molecular complexity index is 6000. The van der Waals surface area contributed by atoms with Gasteiger partial charge in [-0.15, -0.1) is 0 Å². The molecule has 0 unspecified atom stereocenters. The van der Waals surface area contributed by atoms with Crippen molar-refractivity contribution in [3.63, 3.8) is 0 Å². The summed E-state index contributed by atoms with van der Waals surface area (Å²) < 4.78 is 8.98. The lowest BCUT2D eigenvalue weighted by atomic mass is 9.33. The molecule has 104 heavy (non-hydrogen) atoms. The van der Waals surface area contributed by atoms with E-state index in [2.05, 4.69) is 398 Å². The maximum Gasteiger partial charge on any atom is 0.252 e.